The monoisotopic (exact) mass is 198 g/mol. The van der Waals surface area contributed by atoms with Crippen LogP contribution < -0.4 is 0 Å². The molecule has 0 radical (unpaired) electrons. The molecule has 1 heterocycles. The number of unbranched alkanes of at least 4 members (excludes halogenated alkanes) is 1. The van der Waals surface area contributed by atoms with Gasteiger partial charge in [-0.1, -0.05) is 26.2 Å². The van der Waals surface area contributed by atoms with E-state index in [0.717, 1.165) is 19.4 Å². The second-order valence-electron chi connectivity index (χ2n) is 4.66. The van der Waals surface area contributed by atoms with Crippen molar-refractivity contribution in [3.8, 4) is 0 Å². The highest BCUT2D eigenvalue weighted by molar-refractivity contribution is 4.82. The van der Waals surface area contributed by atoms with Crippen LogP contribution >= 0.6 is 0 Å². The normalized spacial score (nSPS) is 31.1. The largest absolute Gasteiger partial charge is 0.347 e. The molecular weight excluding hydrogens is 176 g/mol. The first-order valence-corrected chi connectivity index (χ1v) is 6.16. The van der Waals surface area contributed by atoms with Crippen LogP contribution in [0.4, 0.5) is 0 Å². The quantitative estimate of drug-likeness (QED) is 0.693. The lowest BCUT2D eigenvalue weighted by Crippen LogP contribution is -2.33. The molecule has 82 valence electrons. The molecule has 14 heavy (non-hydrogen) atoms. The van der Waals surface area contributed by atoms with E-state index in [-0.39, 0.29) is 5.79 Å². The Bertz CT molecular complexity index is 173. The molecule has 2 heteroatoms. The van der Waals surface area contributed by atoms with Crippen molar-refractivity contribution >= 4 is 0 Å². The van der Waals surface area contributed by atoms with E-state index in [1.807, 2.05) is 0 Å². The van der Waals surface area contributed by atoms with Crippen molar-refractivity contribution in [2.45, 2.75) is 70.2 Å². The average molecular weight is 198 g/mol. The maximum absolute atomic E-state index is 6.07. The van der Waals surface area contributed by atoms with E-state index in [1.165, 1.54) is 38.5 Å². The summed E-state index contributed by atoms with van der Waals surface area (Å²) in [7, 11) is 0. The standard InChI is InChI=1S/C12H22O2/c1-2-3-7-11-10-13-12(14-11)8-5-4-6-9-12/h11H,2-10H2,1H3. The summed E-state index contributed by atoms with van der Waals surface area (Å²) in [6, 6.07) is 0. The minimum absolute atomic E-state index is 0.156. The van der Waals surface area contributed by atoms with E-state index >= 15 is 0 Å². The van der Waals surface area contributed by atoms with Gasteiger partial charge >= 0.3 is 0 Å². The Hall–Kier alpha value is -0.0800. The fourth-order valence-corrected chi connectivity index (χ4v) is 2.54. The second-order valence-corrected chi connectivity index (χ2v) is 4.66. The highest BCUT2D eigenvalue weighted by Crippen LogP contribution is 2.38. The third-order valence-corrected chi connectivity index (χ3v) is 3.41. The topological polar surface area (TPSA) is 18.5 Å². The first-order valence-electron chi connectivity index (χ1n) is 6.16. The summed E-state index contributed by atoms with van der Waals surface area (Å²) in [6.07, 6.45) is 10.2. The maximum Gasteiger partial charge on any atom is 0.168 e. The second kappa shape index (κ2) is 4.63. The van der Waals surface area contributed by atoms with Crippen molar-refractivity contribution in [3.05, 3.63) is 0 Å². The highest BCUT2D eigenvalue weighted by Gasteiger charge is 2.41. The van der Waals surface area contributed by atoms with E-state index in [9.17, 15) is 0 Å². The van der Waals surface area contributed by atoms with Crippen LogP contribution in [-0.4, -0.2) is 18.5 Å². The molecule has 2 rings (SSSR count). The van der Waals surface area contributed by atoms with E-state index < -0.39 is 0 Å². The lowest BCUT2D eigenvalue weighted by atomic mass is 9.94. The Labute approximate surface area is 87.0 Å². The molecule has 1 aliphatic carbocycles. The average Bonchev–Trinajstić information content (AvgIpc) is 2.60. The van der Waals surface area contributed by atoms with Crippen molar-refractivity contribution in [3.63, 3.8) is 0 Å². The molecule has 1 aliphatic heterocycles. The van der Waals surface area contributed by atoms with Gasteiger partial charge in [-0.15, -0.1) is 0 Å². The van der Waals surface area contributed by atoms with E-state index in [1.54, 1.807) is 0 Å². The molecule has 2 fully saturated rings. The molecule has 0 amide bonds. The van der Waals surface area contributed by atoms with Crippen molar-refractivity contribution in [1.82, 2.24) is 0 Å². The van der Waals surface area contributed by atoms with Gasteiger partial charge in [-0.25, -0.2) is 0 Å². The zero-order valence-electron chi connectivity index (χ0n) is 9.26. The molecule has 1 saturated heterocycles. The summed E-state index contributed by atoms with van der Waals surface area (Å²) in [5.41, 5.74) is 0. The Morgan fingerprint density at radius 1 is 1.21 bits per heavy atom. The van der Waals surface area contributed by atoms with Gasteiger partial charge in [0, 0.05) is 12.8 Å². The molecule has 1 saturated carbocycles. The summed E-state index contributed by atoms with van der Waals surface area (Å²) in [4.78, 5) is 0. The SMILES string of the molecule is CCCCC1COC2(CCCCC2)O1. The van der Waals surface area contributed by atoms with Crippen LogP contribution in [0.25, 0.3) is 0 Å². The van der Waals surface area contributed by atoms with Crippen molar-refractivity contribution in [2.24, 2.45) is 0 Å². The molecule has 2 nitrogen and oxygen atoms in total. The van der Waals surface area contributed by atoms with Gasteiger partial charge in [-0.05, 0) is 19.3 Å². The molecule has 0 aromatic heterocycles. The van der Waals surface area contributed by atoms with Crippen LogP contribution in [0.3, 0.4) is 0 Å². The Balaban J connectivity index is 1.80. The minimum atomic E-state index is -0.156. The van der Waals surface area contributed by atoms with Gasteiger partial charge in [0.15, 0.2) is 5.79 Å². The third-order valence-electron chi connectivity index (χ3n) is 3.41. The maximum atomic E-state index is 6.07. The third kappa shape index (κ3) is 2.29. The van der Waals surface area contributed by atoms with Crippen LogP contribution in [0, 0.1) is 0 Å². The zero-order valence-corrected chi connectivity index (χ0v) is 9.26. The van der Waals surface area contributed by atoms with Crippen molar-refractivity contribution in [2.75, 3.05) is 6.61 Å². The molecule has 0 aromatic carbocycles. The lowest BCUT2D eigenvalue weighted by Gasteiger charge is -2.31. The summed E-state index contributed by atoms with van der Waals surface area (Å²) < 4.78 is 11.9. The molecule has 0 bridgehead atoms. The van der Waals surface area contributed by atoms with Gasteiger partial charge < -0.3 is 9.47 Å². The highest BCUT2D eigenvalue weighted by atomic mass is 16.7. The number of hydrogen-bond acceptors (Lipinski definition) is 2. The Morgan fingerprint density at radius 2 is 2.00 bits per heavy atom. The fourth-order valence-electron chi connectivity index (χ4n) is 2.54. The predicted octanol–water partition coefficient (Wildman–Crippen LogP) is 3.25. The molecule has 1 atom stereocenters. The van der Waals surface area contributed by atoms with Crippen LogP contribution in [0.1, 0.15) is 58.3 Å². The van der Waals surface area contributed by atoms with Gasteiger partial charge in [0.25, 0.3) is 0 Å². The molecule has 0 N–H and O–H groups in total. The van der Waals surface area contributed by atoms with Gasteiger partial charge in [0.1, 0.15) is 0 Å². The first-order chi connectivity index (χ1) is 6.85. The summed E-state index contributed by atoms with van der Waals surface area (Å²) in [5.74, 6) is -0.156. The molecular formula is C12H22O2. The van der Waals surface area contributed by atoms with E-state index in [0.29, 0.717) is 6.10 Å². The number of hydrogen-bond donors (Lipinski definition) is 0. The summed E-state index contributed by atoms with van der Waals surface area (Å²) >= 11 is 0. The van der Waals surface area contributed by atoms with E-state index in [2.05, 4.69) is 6.92 Å². The van der Waals surface area contributed by atoms with Gasteiger partial charge in [-0.3, -0.25) is 0 Å². The van der Waals surface area contributed by atoms with E-state index in [4.69, 9.17) is 9.47 Å². The first kappa shape index (κ1) is 10.4. The Kier molecular flexibility index (Phi) is 3.45. The number of rotatable bonds is 3. The molecule has 2 aliphatic rings. The van der Waals surface area contributed by atoms with Crippen LogP contribution in [0.15, 0.2) is 0 Å². The number of ether oxygens (including phenoxy) is 2. The summed E-state index contributed by atoms with van der Waals surface area (Å²) in [6.45, 7) is 3.06. The smallest absolute Gasteiger partial charge is 0.168 e. The fraction of sp³-hybridized carbons (Fsp3) is 1.00. The van der Waals surface area contributed by atoms with Crippen molar-refractivity contribution in [1.29, 1.82) is 0 Å². The van der Waals surface area contributed by atoms with Gasteiger partial charge in [0.2, 0.25) is 0 Å². The lowest BCUT2D eigenvalue weighted by molar-refractivity contribution is -0.187. The molecule has 0 aromatic rings. The van der Waals surface area contributed by atoms with Crippen LogP contribution in [0.2, 0.25) is 0 Å². The van der Waals surface area contributed by atoms with Crippen LogP contribution in [0.5, 0.6) is 0 Å². The Morgan fingerprint density at radius 3 is 2.71 bits per heavy atom. The molecule has 1 unspecified atom stereocenters. The minimum Gasteiger partial charge on any atom is -0.347 e. The molecule has 1 spiro atoms. The zero-order chi connectivity index (χ0) is 9.86. The summed E-state index contributed by atoms with van der Waals surface area (Å²) in [5, 5.41) is 0. The van der Waals surface area contributed by atoms with Crippen molar-refractivity contribution < 1.29 is 9.47 Å². The predicted molar refractivity (Wildman–Crippen MR) is 56.2 cm³/mol. The van der Waals surface area contributed by atoms with Gasteiger partial charge in [-0.2, -0.15) is 0 Å². The van der Waals surface area contributed by atoms with Crippen LogP contribution in [-0.2, 0) is 9.47 Å². The van der Waals surface area contributed by atoms with Gasteiger partial charge in [0.05, 0.1) is 12.7 Å².